The van der Waals surface area contributed by atoms with E-state index in [-0.39, 0.29) is 17.2 Å². The van der Waals surface area contributed by atoms with Gasteiger partial charge in [-0.25, -0.2) is 4.39 Å². The zero-order valence-corrected chi connectivity index (χ0v) is 19.8. The second kappa shape index (κ2) is 11.8. The number of alkyl halides is 10. The van der Waals surface area contributed by atoms with Crippen molar-refractivity contribution in [3.05, 3.63) is 83.7 Å². The fourth-order valence-electron chi connectivity index (χ4n) is 3.33. The van der Waals surface area contributed by atoms with Crippen molar-refractivity contribution in [1.29, 1.82) is 0 Å². The minimum atomic E-state index is -5.13. The number of rotatable bonds is 10. The van der Waals surface area contributed by atoms with Gasteiger partial charge in [0.25, 0.3) is 0 Å². The summed E-state index contributed by atoms with van der Waals surface area (Å²) in [6.45, 7) is -2.05. The molecule has 0 saturated heterocycles. The molecule has 0 fully saturated rings. The maximum Gasteiger partial charge on any atom is 0.461 e. The molecule has 3 aromatic carbocycles. The third-order valence-electron chi connectivity index (χ3n) is 5.24. The van der Waals surface area contributed by atoms with Crippen molar-refractivity contribution < 1.29 is 62.9 Å². The standard InChI is InChI=1S/C25H18F11NO3/c26-20-8-7-15(23(29,30)31)9-14(20)12-37(13-21(38)24(32,33)34)16-3-1-4-17(10-16)39-18-5-2-6-19(11-18)40-25(35,36)22(27)28/h1-11,21-22,38H,12-13H2. The van der Waals surface area contributed by atoms with E-state index < -0.39 is 66.8 Å². The predicted molar refractivity (Wildman–Crippen MR) is 119 cm³/mol. The van der Waals surface area contributed by atoms with Gasteiger partial charge in [-0.2, -0.15) is 43.9 Å². The summed E-state index contributed by atoms with van der Waals surface area (Å²) in [6, 6.07) is 10.3. The summed E-state index contributed by atoms with van der Waals surface area (Å²) in [6.07, 6.45) is -21.9. The SMILES string of the molecule is OC(CN(Cc1cc(C(F)(F)F)ccc1F)c1cccc(Oc2cccc(OC(F)(F)C(F)F)c2)c1)C(F)(F)F. The van der Waals surface area contributed by atoms with Crippen molar-refractivity contribution >= 4 is 5.69 Å². The van der Waals surface area contributed by atoms with Crippen molar-refractivity contribution in [1.82, 2.24) is 0 Å². The average Bonchev–Trinajstić information content (AvgIpc) is 2.83. The van der Waals surface area contributed by atoms with Gasteiger partial charge in [-0.1, -0.05) is 12.1 Å². The van der Waals surface area contributed by atoms with E-state index in [4.69, 9.17) is 4.74 Å². The fraction of sp³-hybridized carbons (Fsp3) is 0.280. The number of halogens is 11. The molecular formula is C25H18F11NO3. The molecule has 0 radical (unpaired) electrons. The van der Waals surface area contributed by atoms with Gasteiger partial charge >= 0.3 is 24.9 Å². The number of ether oxygens (including phenoxy) is 2. The first-order valence-electron chi connectivity index (χ1n) is 11.0. The third kappa shape index (κ3) is 8.13. The Morgan fingerprint density at radius 3 is 1.98 bits per heavy atom. The second-order valence-corrected chi connectivity index (χ2v) is 8.28. The summed E-state index contributed by atoms with van der Waals surface area (Å²) >= 11 is 0. The molecule has 15 heteroatoms. The molecule has 0 aliphatic carbocycles. The molecule has 40 heavy (non-hydrogen) atoms. The van der Waals surface area contributed by atoms with Crippen LogP contribution in [0.4, 0.5) is 54.0 Å². The highest BCUT2D eigenvalue weighted by molar-refractivity contribution is 5.52. The van der Waals surface area contributed by atoms with Crippen LogP contribution in [0.25, 0.3) is 0 Å². The quantitative estimate of drug-likeness (QED) is 0.245. The van der Waals surface area contributed by atoms with Gasteiger partial charge in [-0.15, -0.1) is 0 Å². The Hall–Kier alpha value is -3.75. The fourth-order valence-corrected chi connectivity index (χ4v) is 3.33. The predicted octanol–water partition coefficient (Wildman–Crippen LogP) is 7.80. The van der Waals surface area contributed by atoms with Gasteiger partial charge in [0, 0.05) is 29.9 Å². The van der Waals surface area contributed by atoms with Crippen LogP contribution < -0.4 is 14.4 Å². The Balaban J connectivity index is 1.92. The number of aliphatic hydroxyl groups is 1. The third-order valence-corrected chi connectivity index (χ3v) is 5.24. The van der Waals surface area contributed by atoms with Gasteiger partial charge in [0.15, 0.2) is 6.10 Å². The molecular weight excluding hydrogens is 571 g/mol. The monoisotopic (exact) mass is 589 g/mol. The maximum absolute atomic E-state index is 14.4. The van der Waals surface area contributed by atoms with Crippen molar-refractivity contribution in [2.24, 2.45) is 0 Å². The molecule has 0 saturated carbocycles. The van der Waals surface area contributed by atoms with Crippen LogP contribution in [-0.2, 0) is 12.7 Å². The van der Waals surface area contributed by atoms with Gasteiger partial charge in [-0.05, 0) is 42.5 Å². The van der Waals surface area contributed by atoms with E-state index in [0.29, 0.717) is 18.2 Å². The van der Waals surface area contributed by atoms with E-state index in [2.05, 4.69) is 4.74 Å². The first-order valence-corrected chi connectivity index (χ1v) is 11.0. The van der Waals surface area contributed by atoms with Crippen molar-refractivity contribution in [3.8, 4) is 17.2 Å². The highest BCUT2D eigenvalue weighted by atomic mass is 19.4. The summed E-state index contributed by atoms with van der Waals surface area (Å²) in [5.74, 6) is -2.21. The lowest BCUT2D eigenvalue weighted by Gasteiger charge is -2.29. The molecule has 1 unspecified atom stereocenters. The zero-order chi connectivity index (χ0) is 29.9. The van der Waals surface area contributed by atoms with Gasteiger partial charge < -0.3 is 19.5 Å². The summed E-state index contributed by atoms with van der Waals surface area (Å²) < 4.78 is 154. The zero-order valence-electron chi connectivity index (χ0n) is 19.8. The van der Waals surface area contributed by atoms with Crippen molar-refractivity contribution in [2.75, 3.05) is 11.4 Å². The molecule has 0 aliphatic heterocycles. The van der Waals surface area contributed by atoms with Gasteiger partial charge in [0.2, 0.25) is 0 Å². The van der Waals surface area contributed by atoms with Crippen LogP contribution in [0.2, 0.25) is 0 Å². The first kappa shape index (κ1) is 30.8. The molecule has 4 nitrogen and oxygen atoms in total. The lowest BCUT2D eigenvalue weighted by Crippen LogP contribution is -2.41. The molecule has 3 rings (SSSR count). The Morgan fingerprint density at radius 1 is 0.775 bits per heavy atom. The molecule has 0 spiro atoms. The molecule has 1 N–H and O–H groups in total. The summed E-state index contributed by atoms with van der Waals surface area (Å²) in [4.78, 5) is 0.756. The minimum absolute atomic E-state index is 0.147. The van der Waals surface area contributed by atoms with E-state index in [9.17, 15) is 53.4 Å². The van der Waals surface area contributed by atoms with Crippen LogP contribution in [-0.4, -0.2) is 36.5 Å². The lowest BCUT2D eigenvalue weighted by atomic mass is 10.1. The van der Waals surface area contributed by atoms with Crippen LogP contribution in [0.5, 0.6) is 17.2 Å². The van der Waals surface area contributed by atoms with Crippen molar-refractivity contribution in [2.45, 2.75) is 37.5 Å². The number of anilines is 1. The van der Waals surface area contributed by atoms with Crippen LogP contribution in [0, 0.1) is 5.82 Å². The normalized spacial score (nSPS) is 13.3. The lowest BCUT2D eigenvalue weighted by molar-refractivity contribution is -0.253. The maximum atomic E-state index is 14.4. The number of hydrogen-bond acceptors (Lipinski definition) is 4. The Bertz CT molecular complexity index is 1300. The van der Waals surface area contributed by atoms with Crippen LogP contribution in [0.1, 0.15) is 11.1 Å². The van der Waals surface area contributed by atoms with E-state index in [1.54, 1.807) is 0 Å². The Kier molecular flexibility index (Phi) is 9.07. The largest absolute Gasteiger partial charge is 0.461 e. The van der Waals surface area contributed by atoms with Crippen molar-refractivity contribution in [3.63, 3.8) is 0 Å². The number of nitrogens with zero attached hydrogens (tertiary/aromatic N) is 1. The molecule has 0 bridgehead atoms. The molecule has 0 heterocycles. The Labute approximate surface area is 219 Å². The van der Waals surface area contributed by atoms with Crippen LogP contribution in [0.3, 0.4) is 0 Å². The number of aliphatic hydroxyl groups excluding tert-OH is 1. The first-order chi connectivity index (χ1) is 18.5. The van der Waals surface area contributed by atoms with Gasteiger partial charge in [0.1, 0.15) is 23.1 Å². The highest BCUT2D eigenvalue weighted by Gasteiger charge is 2.44. The molecule has 218 valence electrons. The smallest absolute Gasteiger partial charge is 0.457 e. The van der Waals surface area contributed by atoms with E-state index in [0.717, 1.165) is 29.2 Å². The summed E-state index contributed by atoms with van der Waals surface area (Å²) in [5.41, 5.74) is -2.04. The Morgan fingerprint density at radius 2 is 1.38 bits per heavy atom. The van der Waals surface area contributed by atoms with E-state index >= 15 is 0 Å². The second-order valence-electron chi connectivity index (χ2n) is 8.28. The van der Waals surface area contributed by atoms with E-state index in [1.807, 2.05) is 0 Å². The van der Waals surface area contributed by atoms with Gasteiger partial charge in [-0.3, -0.25) is 0 Å². The van der Waals surface area contributed by atoms with Crippen LogP contribution >= 0.6 is 0 Å². The highest BCUT2D eigenvalue weighted by Crippen LogP contribution is 2.34. The molecule has 3 aromatic rings. The topological polar surface area (TPSA) is 41.9 Å². The molecule has 1 atom stereocenters. The average molecular weight is 589 g/mol. The number of hydrogen-bond donors (Lipinski definition) is 1. The minimum Gasteiger partial charge on any atom is -0.457 e. The number of benzene rings is 3. The molecule has 0 aromatic heterocycles. The molecule has 0 aliphatic rings. The van der Waals surface area contributed by atoms with E-state index in [1.165, 1.54) is 24.3 Å². The van der Waals surface area contributed by atoms with Gasteiger partial charge in [0.05, 0.1) is 12.1 Å². The van der Waals surface area contributed by atoms with Crippen LogP contribution in [0.15, 0.2) is 66.7 Å². The summed E-state index contributed by atoms with van der Waals surface area (Å²) in [5, 5.41) is 9.62. The summed E-state index contributed by atoms with van der Waals surface area (Å²) in [7, 11) is 0. The molecule has 0 amide bonds.